The Hall–Kier alpha value is -1.69. The Morgan fingerprint density at radius 1 is 1.24 bits per heavy atom. The molecular formula is C15H17ClN4O. The van der Waals surface area contributed by atoms with E-state index in [1.807, 2.05) is 12.1 Å². The number of benzene rings is 1. The molecule has 1 saturated heterocycles. The minimum absolute atomic E-state index is 0.130. The van der Waals surface area contributed by atoms with Gasteiger partial charge in [0.05, 0.1) is 24.9 Å². The zero-order valence-corrected chi connectivity index (χ0v) is 12.5. The Kier molecular flexibility index (Phi) is 4.05. The van der Waals surface area contributed by atoms with Crippen LogP contribution in [0.5, 0.6) is 0 Å². The van der Waals surface area contributed by atoms with Crippen LogP contribution in [0.25, 0.3) is 11.3 Å². The first kappa shape index (κ1) is 14.3. The summed E-state index contributed by atoms with van der Waals surface area (Å²) in [6.07, 6.45) is 1.45. The van der Waals surface area contributed by atoms with E-state index >= 15 is 0 Å². The van der Waals surface area contributed by atoms with Crippen molar-refractivity contribution in [1.29, 1.82) is 0 Å². The number of anilines is 1. The zero-order chi connectivity index (χ0) is 14.8. The van der Waals surface area contributed by atoms with Crippen LogP contribution in [0.3, 0.4) is 0 Å². The summed E-state index contributed by atoms with van der Waals surface area (Å²) < 4.78 is 5.60. The molecule has 3 rings (SSSR count). The number of rotatable bonds is 2. The molecule has 0 amide bonds. The first-order valence-electron chi connectivity index (χ1n) is 6.84. The Bertz CT molecular complexity index is 649. The van der Waals surface area contributed by atoms with Crippen molar-refractivity contribution in [1.82, 2.24) is 15.3 Å². The minimum atomic E-state index is 0.130. The minimum Gasteiger partial charge on any atom is -0.384 e. The van der Waals surface area contributed by atoms with E-state index in [1.54, 1.807) is 6.07 Å². The molecule has 1 fully saturated rings. The Labute approximate surface area is 128 Å². The number of hydrogen-bond acceptors (Lipinski definition) is 5. The summed E-state index contributed by atoms with van der Waals surface area (Å²) in [5, 5.41) is 4.18. The van der Waals surface area contributed by atoms with Gasteiger partial charge in [-0.15, -0.1) is 0 Å². The van der Waals surface area contributed by atoms with Crippen molar-refractivity contribution in [3.8, 4) is 11.3 Å². The number of nitrogen functional groups attached to an aromatic ring is 1. The average Bonchev–Trinajstić information content (AvgIpc) is 2.46. The molecule has 1 aromatic carbocycles. The van der Waals surface area contributed by atoms with E-state index < -0.39 is 0 Å². The number of nitrogens with one attached hydrogen (secondary N) is 1. The maximum atomic E-state index is 6.25. The van der Waals surface area contributed by atoms with Crippen LogP contribution in [-0.4, -0.2) is 29.2 Å². The highest BCUT2D eigenvalue weighted by atomic mass is 35.5. The first-order chi connectivity index (χ1) is 10.1. The highest BCUT2D eigenvalue weighted by molar-refractivity contribution is 6.31. The topological polar surface area (TPSA) is 73.1 Å². The maximum Gasteiger partial charge on any atom is 0.127 e. The number of morpholine rings is 1. The second-order valence-corrected chi connectivity index (χ2v) is 5.70. The average molecular weight is 305 g/mol. The second-order valence-electron chi connectivity index (χ2n) is 5.26. The van der Waals surface area contributed by atoms with Crippen LogP contribution >= 0.6 is 11.6 Å². The van der Waals surface area contributed by atoms with E-state index in [1.165, 1.54) is 6.33 Å². The molecule has 5 nitrogen and oxygen atoms in total. The molecule has 0 unspecified atom stereocenters. The second kappa shape index (κ2) is 5.97. The van der Waals surface area contributed by atoms with Gasteiger partial charge in [-0.1, -0.05) is 11.6 Å². The standard InChI is InChI=1S/C15H17ClN4O/c1-9-6-21-7-14(20-9)11-2-10(3-12(16)4-11)13-5-15(17)19-8-18-13/h2-5,8-9,14,20H,6-7H2,1H3,(H2,17,18,19)/t9-,14+/m1/s1. The lowest BCUT2D eigenvalue weighted by atomic mass is 10.0. The van der Waals surface area contributed by atoms with Gasteiger partial charge in [0.1, 0.15) is 12.1 Å². The van der Waals surface area contributed by atoms with Gasteiger partial charge in [-0.2, -0.15) is 0 Å². The SMILES string of the molecule is C[C@@H]1COC[C@@H](c2cc(Cl)cc(-c3cc(N)ncn3)c2)N1. The van der Waals surface area contributed by atoms with E-state index in [9.17, 15) is 0 Å². The van der Waals surface area contributed by atoms with Gasteiger partial charge in [0.2, 0.25) is 0 Å². The van der Waals surface area contributed by atoms with Gasteiger partial charge in [-0.25, -0.2) is 9.97 Å². The van der Waals surface area contributed by atoms with Gasteiger partial charge >= 0.3 is 0 Å². The van der Waals surface area contributed by atoms with Crippen molar-refractivity contribution < 1.29 is 4.74 Å². The van der Waals surface area contributed by atoms with Crippen molar-refractivity contribution in [3.63, 3.8) is 0 Å². The molecule has 0 bridgehead atoms. The largest absolute Gasteiger partial charge is 0.384 e. The summed E-state index contributed by atoms with van der Waals surface area (Å²) in [5.74, 6) is 0.439. The zero-order valence-electron chi connectivity index (χ0n) is 11.7. The molecule has 21 heavy (non-hydrogen) atoms. The van der Waals surface area contributed by atoms with E-state index in [0.29, 0.717) is 23.5 Å². The predicted octanol–water partition coefficient (Wildman–Crippen LogP) is 2.43. The van der Waals surface area contributed by atoms with Crippen molar-refractivity contribution in [2.45, 2.75) is 19.0 Å². The number of halogens is 1. The predicted molar refractivity (Wildman–Crippen MR) is 83.0 cm³/mol. The highest BCUT2D eigenvalue weighted by Crippen LogP contribution is 2.28. The lowest BCUT2D eigenvalue weighted by Gasteiger charge is -2.29. The van der Waals surface area contributed by atoms with Gasteiger partial charge in [0.15, 0.2) is 0 Å². The lowest BCUT2D eigenvalue weighted by Crippen LogP contribution is -2.41. The molecule has 0 aliphatic carbocycles. The highest BCUT2D eigenvalue weighted by Gasteiger charge is 2.21. The van der Waals surface area contributed by atoms with Gasteiger partial charge in [-0.3, -0.25) is 0 Å². The molecule has 0 saturated carbocycles. The first-order valence-corrected chi connectivity index (χ1v) is 7.22. The van der Waals surface area contributed by atoms with Crippen molar-refractivity contribution in [2.75, 3.05) is 18.9 Å². The summed E-state index contributed by atoms with van der Waals surface area (Å²) in [6, 6.07) is 8.08. The van der Waals surface area contributed by atoms with E-state index in [2.05, 4.69) is 28.3 Å². The van der Waals surface area contributed by atoms with Gasteiger partial charge in [0, 0.05) is 22.7 Å². The normalized spacial score (nSPS) is 22.2. The molecule has 2 aromatic rings. The molecule has 0 radical (unpaired) electrons. The fraction of sp³-hybridized carbons (Fsp3) is 0.333. The third-order valence-corrected chi connectivity index (χ3v) is 3.66. The van der Waals surface area contributed by atoms with Crippen molar-refractivity contribution >= 4 is 17.4 Å². The van der Waals surface area contributed by atoms with Crippen LogP contribution in [0.2, 0.25) is 5.02 Å². The van der Waals surface area contributed by atoms with Crippen LogP contribution in [0.4, 0.5) is 5.82 Å². The molecule has 6 heteroatoms. The van der Waals surface area contributed by atoms with Gasteiger partial charge < -0.3 is 15.8 Å². The molecule has 0 spiro atoms. The Morgan fingerprint density at radius 2 is 2.10 bits per heavy atom. The van der Waals surface area contributed by atoms with Gasteiger partial charge in [0.25, 0.3) is 0 Å². The molecule has 3 N–H and O–H groups in total. The monoisotopic (exact) mass is 304 g/mol. The van der Waals surface area contributed by atoms with Crippen molar-refractivity contribution in [3.05, 3.63) is 41.2 Å². The third-order valence-electron chi connectivity index (χ3n) is 3.44. The molecule has 1 aliphatic heterocycles. The van der Waals surface area contributed by atoms with E-state index in [4.69, 9.17) is 22.1 Å². The molecular weight excluding hydrogens is 288 g/mol. The van der Waals surface area contributed by atoms with E-state index in [0.717, 1.165) is 23.4 Å². The van der Waals surface area contributed by atoms with Crippen LogP contribution in [0.15, 0.2) is 30.6 Å². The van der Waals surface area contributed by atoms with Gasteiger partial charge in [-0.05, 0) is 30.7 Å². The number of nitrogens with two attached hydrogens (primary N) is 1. The van der Waals surface area contributed by atoms with Crippen LogP contribution in [-0.2, 0) is 4.74 Å². The fourth-order valence-corrected chi connectivity index (χ4v) is 2.73. The number of ether oxygens (including phenoxy) is 1. The van der Waals surface area contributed by atoms with E-state index in [-0.39, 0.29) is 6.04 Å². The van der Waals surface area contributed by atoms with Crippen molar-refractivity contribution in [2.24, 2.45) is 0 Å². The molecule has 110 valence electrons. The number of aromatic nitrogens is 2. The quantitative estimate of drug-likeness (QED) is 0.891. The lowest BCUT2D eigenvalue weighted by molar-refractivity contribution is 0.0504. The number of hydrogen-bond donors (Lipinski definition) is 2. The molecule has 1 aromatic heterocycles. The molecule has 1 aliphatic rings. The summed E-state index contributed by atoms with van der Waals surface area (Å²) in [5.41, 5.74) is 8.48. The molecule has 2 atom stereocenters. The smallest absolute Gasteiger partial charge is 0.127 e. The third kappa shape index (κ3) is 3.32. The fourth-order valence-electron chi connectivity index (χ4n) is 2.49. The summed E-state index contributed by atoms with van der Waals surface area (Å²) >= 11 is 6.25. The van der Waals surface area contributed by atoms with Crippen LogP contribution < -0.4 is 11.1 Å². The number of nitrogens with zero attached hydrogens (tertiary/aromatic N) is 2. The Balaban J connectivity index is 1.96. The molecule has 2 heterocycles. The maximum absolute atomic E-state index is 6.25. The van der Waals surface area contributed by atoms with Crippen LogP contribution in [0, 0.1) is 0 Å². The summed E-state index contributed by atoms with van der Waals surface area (Å²) in [4.78, 5) is 8.16. The summed E-state index contributed by atoms with van der Waals surface area (Å²) in [7, 11) is 0. The summed E-state index contributed by atoms with van der Waals surface area (Å²) in [6.45, 7) is 3.46. The van der Waals surface area contributed by atoms with Crippen LogP contribution in [0.1, 0.15) is 18.5 Å². The Morgan fingerprint density at radius 3 is 2.86 bits per heavy atom.